The number of halogens is 4. The van der Waals surface area contributed by atoms with Gasteiger partial charge in [-0.3, -0.25) is 33.9 Å². The van der Waals surface area contributed by atoms with E-state index in [1.54, 1.807) is 60.5 Å². The maximum absolute atomic E-state index is 13.8. The highest BCUT2D eigenvalue weighted by Crippen LogP contribution is 2.41. The summed E-state index contributed by atoms with van der Waals surface area (Å²) in [6, 6.07) is 19.1. The number of pyridine rings is 2. The molecule has 0 spiro atoms. The molecule has 5 amide bonds. The van der Waals surface area contributed by atoms with Crippen molar-refractivity contribution in [2.24, 2.45) is 11.8 Å². The molecule has 22 heteroatoms. The minimum Gasteiger partial charge on any atom is -0.497 e. The third-order valence-corrected chi connectivity index (χ3v) is 16.4. The number of fused-ring (bicyclic) bond motifs is 6. The quantitative estimate of drug-likeness (QED) is 0.0518. The Morgan fingerprint density at radius 2 is 1.07 bits per heavy atom. The van der Waals surface area contributed by atoms with Crippen LogP contribution in [0.15, 0.2) is 97.6 Å². The maximum atomic E-state index is 13.8. The number of carbonyl (C=O) groups excluding carboxylic acids is 7. The van der Waals surface area contributed by atoms with Crippen molar-refractivity contribution in [2.45, 2.75) is 113 Å². The van der Waals surface area contributed by atoms with Crippen LogP contribution in [-0.2, 0) is 52.7 Å². The SMILES string of the molecule is COC(=O)[C@H](Cc1ccc(NC(=O)c2c(Cl)cncc2Cl)cc1)NC(=O)C1C2CCC(CC2)N1C(=O)CCc1cccc(OC)c1.COC(=O)[C@H](Cc1ccc(NC(=O)c2c(Cl)cncc2Cl)cc1)NC(=O)C1NC2CCC1CC2. The Kier molecular flexibility index (Phi) is 20.4. The molecule has 2 saturated carbocycles. The van der Waals surface area contributed by atoms with Crippen LogP contribution in [0.3, 0.4) is 0 Å². The molecule has 11 rings (SSSR count). The van der Waals surface area contributed by atoms with E-state index >= 15 is 0 Å². The normalized spacial score (nSPS) is 20.4. The molecule has 422 valence electrons. The van der Waals surface area contributed by atoms with Gasteiger partial charge >= 0.3 is 11.9 Å². The van der Waals surface area contributed by atoms with Crippen molar-refractivity contribution >= 4 is 99.3 Å². The van der Waals surface area contributed by atoms with Crippen molar-refractivity contribution in [1.29, 1.82) is 0 Å². The van der Waals surface area contributed by atoms with E-state index in [1.165, 1.54) is 39.0 Å². The van der Waals surface area contributed by atoms with Crippen LogP contribution in [0.1, 0.15) is 95.2 Å². The number of methoxy groups -OCH3 is 3. The lowest BCUT2D eigenvalue weighted by molar-refractivity contribution is -0.155. The third-order valence-electron chi connectivity index (χ3n) is 15.2. The number of carbonyl (C=O) groups is 7. The zero-order chi connectivity index (χ0) is 57.0. The molecule has 0 radical (unpaired) electrons. The smallest absolute Gasteiger partial charge is 0.328 e. The summed E-state index contributed by atoms with van der Waals surface area (Å²) in [6.45, 7) is 0. The van der Waals surface area contributed by atoms with E-state index in [-0.39, 0.29) is 86.2 Å². The molecule has 18 nitrogen and oxygen atoms in total. The summed E-state index contributed by atoms with van der Waals surface area (Å²) in [7, 11) is 4.18. The minimum atomic E-state index is -0.971. The Labute approximate surface area is 483 Å². The lowest BCUT2D eigenvalue weighted by Crippen LogP contribution is -2.64. The molecular weight excluding hydrogens is 1110 g/mol. The molecule has 2 unspecified atom stereocenters. The highest BCUT2D eigenvalue weighted by molar-refractivity contribution is 6.41. The second kappa shape index (κ2) is 27.6. The van der Waals surface area contributed by atoms with Gasteiger partial charge in [0.15, 0.2) is 0 Å². The number of amides is 5. The highest BCUT2D eigenvalue weighted by atomic mass is 35.5. The number of ether oxygens (including phenoxy) is 3. The van der Waals surface area contributed by atoms with Crippen LogP contribution in [0.2, 0.25) is 20.1 Å². The van der Waals surface area contributed by atoms with Crippen molar-refractivity contribution in [2.75, 3.05) is 32.0 Å². The van der Waals surface area contributed by atoms with Crippen LogP contribution in [0.5, 0.6) is 5.75 Å². The second-order valence-electron chi connectivity index (χ2n) is 20.3. The van der Waals surface area contributed by atoms with Gasteiger partial charge in [-0.15, -0.1) is 0 Å². The van der Waals surface area contributed by atoms with Crippen LogP contribution in [0, 0.1) is 11.8 Å². The Hall–Kier alpha value is -6.83. The molecular formula is C58H62Cl4N8O10. The number of nitrogens with zero attached hydrogens (tertiary/aromatic N) is 3. The van der Waals surface area contributed by atoms with Crippen LogP contribution in [-0.4, -0.2) is 114 Å². The first-order valence-electron chi connectivity index (χ1n) is 26.4. The summed E-state index contributed by atoms with van der Waals surface area (Å²) in [6.07, 6.45) is 14.3. The van der Waals surface area contributed by atoms with Gasteiger partial charge < -0.3 is 45.7 Å². The first-order valence-corrected chi connectivity index (χ1v) is 27.9. The lowest BCUT2D eigenvalue weighted by Gasteiger charge is -2.50. The number of hydrogen-bond donors (Lipinski definition) is 5. The summed E-state index contributed by atoms with van der Waals surface area (Å²) in [4.78, 5) is 100. The standard InChI is InChI=1S/C34H36Cl2N4O6.C24H26Cl2N4O4/c1-45-25-5-3-4-20(16-25)8-15-29(41)40-24-13-9-22(10-14-24)31(40)33(43)39-28(34(44)46-2)17-21-6-11-23(12-7-21)38-32(42)30-26(35)18-37-19-27(30)36;1-34-24(33)19(30-23(32)21-14-4-8-15(28-21)9-5-14)10-13-2-6-16(7-3-13)29-22(31)20-17(25)11-27-12-18(20)26/h3-7,11-12,16,18-19,22,24,28,31H,8-10,13-15,17H2,1-2H3,(H,38,42)(H,39,43);2-3,6-7,11-12,14-15,19,21,28H,4-5,8-10H2,1H3,(H,29,31)(H,30,32)/t22?,24?,28-,31?;14?,15?,19-,21?/m00/s1. The van der Waals surface area contributed by atoms with Gasteiger partial charge in [0, 0.05) is 67.5 Å². The van der Waals surface area contributed by atoms with Crippen molar-refractivity contribution < 1.29 is 47.8 Å². The fourth-order valence-electron chi connectivity index (χ4n) is 11.1. The Balaban J connectivity index is 0.000000220. The monoisotopic (exact) mass is 1170 g/mol. The first kappa shape index (κ1) is 59.3. The van der Waals surface area contributed by atoms with E-state index < -0.39 is 41.9 Å². The van der Waals surface area contributed by atoms with Crippen LogP contribution < -0.4 is 31.3 Å². The third kappa shape index (κ3) is 14.7. The number of aryl methyl sites for hydroxylation is 1. The number of anilines is 2. The number of hydrogen-bond acceptors (Lipinski definition) is 13. The Bertz CT molecular complexity index is 3020. The van der Waals surface area contributed by atoms with Crippen molar-refractivity contribution in [3.8, 4) is 5.75 Å². The summed E-state index contributed by atoms with van der Waals surface area (Å²) < 4.78 is 15.3. The molecule has 80 heavy (non-hydrogen) atoms. The van der Waals surface area contributed by atoms with Crippen molar-refractivity contribution in [1.82, 2.24) is 30.8 Å². The van der Waals surface area contributed by atoms with Crippen molar-refractivity contribution in [3.63, 3.8) is 0 Å². The first-order chi connectivity index (χ1) is 38.5. The zero-order valence-electron chi connectivity index (χ0n) is 44.3. The fourth-order valence-corrected chi connectivity index (χ4v) is 12.2. The van der Waals surface area contributed by atoms with Gasteiger partial charge in [0.2, 0.25) is 17.7 Å². The van der Waals surface area contributed by atoms with E-state index in [0.717, 1.165) is 73.8 Å². The number of piperidine rings is 4. The second-order valence-corrected chi connectivity index (χ2v) is 21.9. The van der Waals surface area contributed by atoms with E-state index in [4.69, 9.17) is 60.6 Å². The van der Waals surface area contributed by atoms with Gasteiger partial charge in [-0.25, -0.2) is 9.59 Å². The van der Waals surface area contributed by atoms with Gasteiger partial charge in [0.05, 0.1) is 58.6 Å². The average molecular weight is 1170 g/mol. The minimum absolute atomic E-state index is 0.00481. The number of benzene rings is 3. The summed E-state index contributed by atoms with van der Waals surface area (Å²) in [5, 5.41) is 15.2. The molecule has 6 heterocycles. The number of nitrogens with one attached hydrogen (secondary N) is 5. The fraction of sp³-hybridized carbons (Fsp3) is 0.397. The number of rotatable bonds is 18. The largest absolute Gasteiger partial charge is 0.497 e. The topological polar surface area (TPSA) is 236 Å². The van der Waals surface area contributed by atoms with E-state index in [0.29, 0.717) is 29.8 Å². The average Bonchev–Trinajstić information content (AvgIpc) is 3.57. The summed E-state index contributed by atoms with van der Waals surface area (Å²) >= 11 is 24.3. The summed E-state index contributed by atoms with van der Waals surface area (Å²) in [5.41, 5.74) is 3.77. The molecule has 4 atom stereocenters. The summed E-state index contributed by atoms with van der Waals surface area (Å²) in [5.74, 6) is -1.59. The molecule has 3 aromatic carbocycles. The van der Waals surface area contributed by atoms with Crippen LogP contribution in [0.25, 0.3) is 0 Å². The van der Waals surface area contributed by atoms with E-state index in [2.05, 4.69) is 36.6 Å². The van der Waals surface area contributed by atoms with Gasteiger partial charge in [0.25, 0.3) is 11.8 Å². The number of aromatic nitrogens is 2. The molecule has 2 aromatic heterocycles. The number of esters is 2. The van der Waals surface area contributed by atoms with Gasteiger partial charge in [0.1, 0.15) is 23.9 Å². The Morgan fingerprint density at radius 3 is 1.52 bits per heavy atom. The van der Waals surface area contributed by atoms with Gasteiger partial charge in [-0.1, -0.05) is 82.8 Å². The molecule has 5 N–H and O–H groups in total. The molecule has 6 fully saturated rings. The highest BCUT2D eigenvalue weighted by Gasteiger charge is 2.48. The van der Waals surface area contributed by atoms with E-state index in [9.17, 15) is 33.6 Å². The molecule has 4 bridgehead atoms. The molecule has 5 aromatic rings. The van der Waals surface area contributed by atoms with Crippen LogP contribution >= 0.6 is 46.4 Å². The predicted octanol–water partition coefficient (Wildman–Crippen LogP) is 8.62. The predicted molar refractivity (Wildman–Crippen MR) is 303 cm³/mol. The van der Waals surface area contributed by atoms with E-state index in [1.807, 2.05) is 24.3 Å². The van der Waals surface area contributed by atoms with Crippen LogP contribution in [0.4, 0.5) is 11.4 Å². The lowest BCUT2D eigenvalue weighted by atomic mass is 9.74. The molecule has 4 aliphatic heterocycles. The van der Waals surface area contributed by atoms with Crippen molar-refractivity contribution in [3.05, 3.63) is 145 Å². The molecule has 6 aliphatic rings. The molecule has 2 aliphatic carbocycles. The zero-order valence-corrected chi connectivity index (χ0v) is 47.3. The maximum Gasteiger partial charge on any atom is 0.328 e. The van der Waals surface area contributed by atoms with Gasteiger partial charge in [-0.05, 0) is 123 Å². The molecule has 4 saturated heterocycles. The van der Waals surface area contributed by atoms with Gasteiger partial charge in [-0.2, -0.15) is 0 Å². The Morgan fingerprint density at radius 1 is 0.600 bits per heavy atom.